The van der Waals surface area contributed by atoms with Crippen LogP contribution < -0.4 is 20.1 Å². The van der Waals surface area contributed by atoms with E-state index in [1.807, 2.05) is 0 Å². The molecule has 7 heteroatoms. The van der Waals surface area contributed by atoms with Crippen LogP contribution in [0.4, 0.5) is 5.95 Å². The van der Waals surface area contributed by atoms with Gasteiger partial charge < -0.3 is 20.1 Å². The molecule has 0 spiro atoms. The summed E-state index contributed by atoms with van der Waals surface area (Å²) in [5.74, 6) is 1.33. The normalized spacial score (nSPS) is 16.5. The van der Waals surface area contributed by atoms with E-state index in [0.717, 1.165) is 38.9 Å². The number of nitrogens with zero attached hydrogens (tertiary/aromatic N) is 4. The Kier molecular flexibility index (Phi) is 4.73. The fraction of sp³-hybridized carbons (Fsp3) is 0.750. The van der Waals surface area contributed by atoms with E-state index in [2.05, 4.69) is 19.9 Å². The molecule has 2 heterocycles. The molecular weight excluding hydrogens is 246 g/mol. The molecule has 106 valence electrons. The van der Waals surface area contributed by atoms with Gasteiger partial charge in [0.05, 0.1) is 14.2 Å². The summed E-state index contributed by atoms with van der Waals surface area (Å²) in [6.45, 7) is 2.63. The van der Waals surface area contributed by atoms with Crippen molar-refractivity contribution in [3.63, 3.8) is 0 Å². The Labute approximate surface area is 113 Å². The average molecular weight is 267 g/mol. The van der Waals surface area contributed by atoms with Gasteiger partial charge in [-0.1, -0.05) is 0 Å². The number of anilines is 1. The first-order chi connectivity index (χ1) is 9.26. The van der Waals surface area contributed by atoms with Crippen molar-refractivity contribution in [2.75, 3.05) is 38.8 Å². The molecule has 1 aliphatic rings. The van der Waals surface area contributed by atoms with Crippen molar-refractivity contribution in [3.8, 4) is 12.0 Å². The number of hydrogen-bond acceptors (Lipinski definition) is 7. The van der Waals surface area contributed by atoms with Gasteiger partial charge in [-0.25, -0.2) is 0 Å². The van der Waals surface area contributed by atoms with Crippen LogP contribution in [0.25, 0.3) is 0 Å². The first-order valence-corrected chi connectivity index (χ1v) is 6.56. The van der Waals surface area contributed by atoms with Crippen LogP contribution in [0.3, 0.4) is 0 Å². The van der Waals surface area contributed by atoms with Gasteiger partial charge in [0.25, 0.3) is 0 Å². The van der Waals surface area contributed by atoms with Crippen molar-refractivity contribution in [1.29, 1.82) is 0 Å². The molecular formula is C12H21N5O2. The van der Waals surface area contributed by atoms with Gasteiger partial charge in [-0.2, -0.15) is 9.97 Å². The number of piperidine rings is 1. The summed E-state index contributed by atoms with van der Waals surface area (Å²) >= 11 is 0. The Bertz CT molecular complexity index is 385. The van der Waals surface area contributed by atoms with Crippen molar-refractivity contribution in [2.45, 2.75) is 19.3 Å². The fourth-order valence-corrected chi connectivity index (χ4v) is 2.31. The van der Waals surface area contributed by atoms with Gasteiger partial charge in [0.2, 0.25) is 5.95 Å². The van der Waals surface area contributed by atoms with Gasteiger partial charge in [0.1, 0.15) is 0 Å². The molecule has 1 fully saturated rings. The Morgan fingerprint density at radius 2 is 1.68 bits per heavy atom. The minimum Gasteiger partial charge on any atom is -0.467 e. The first kappa shape index (κ1) is 13.8. The third-order valence-electron chi connectivity index (χ3n) is 3.42. The third kappa shape index (κ3) is 3.44. The molecule has 19 heavy (non-hydrogen) atoms. The quantitative estimate of drug-likeness (QED) is 0.829. The maximum Gasteiger partial charge on any atom is 0.324 e. The van der Waals surface area contributed by atoms with Gasteiger partial charge in [-0.3, -0.25) is 0 Å². The zero-order valence-corrected chi connectivity index (χ0v) is 11.5. The number of nitrogens with two attached hydrogens (primary N) is 1. The minimum absolute atomic E-state index is 0.283. The molecule has 1 aromatic heterocycles. The SMILES string of the molecule is COc1nc(OC)nc(N2CCC(CCN)CC2)n1. The maximum atomic E-state index is 5.60. The minimum atomic E-state index is 0.283. The van der Waals surface area contributed by atoms with Crippen LogP contribution in [0.1, 0.15) is 19.3 Å². The van der Waals surface area contributed by atoms with Crippen molar-refractivity contribution < 1.29 is 9.47 Å². The van der Waals surface area contributed by atoms with Crippen LogP contribution in [0.5, 0.6) is 12.0 Å². The smallest absolute Gasteiger partial charge is 0.324 e. The Balaban J connectivity index is 2.06. The molecule has 0 radical (unpaired) electrons. The maximum absolute atomic E-state index is 5.60. The number of aromatic nitrogens is 3. The van der Waals surface area contributed by atoms with Crippen LogP contribution in [0.2, 0.25) is 0 Å². The van der Waals surface area contributed by atoms with E-state index in [4.69, 9.17) is 15.2 Å². The molecule has 1 aliphatic heterocycles. The van der Waals surface area contributed by atoms with Gasteiger partial charge in [-0.15, -0.1) is 4.98 Å². The number of hydrogen-bond donors (Lipinski definition) is 1. The molecule has 1 saturated heterocycles. The van der Waals surface area contributed by atoms with Crippen molar-refractivity contribution >= 4 is 5.95 Å². The summed E-state index contributed by atoms with van der Waals surface area (Å²) < 4.78 is 10.1. The third-order valence-corrected chi connectivity index (χ3v) is 3.42. The van der Waals surface area contributed by atoms with Gasteiger partial charge in [-0.05, 0) is 31.7 Å². The molecule has 7 nitrogen and oxygen atoms in total. The van der Waals surface area contributed by atoms with Crippen LogP contribution in [-0.2, 0) is 0 Å². The lowest BCUT2D eigenvalue weighted by Crippen LogP contribution is -2.35. The highest BCUT2D eigenvalue weighted by Gasteiger charge is 2.21. The molecule has 0 aromatic carbocycles. The molecule has 1 aromatic rings. The molecule has 0 saturated carbocycles. The second-order valence-corrected chi connectivity index (χ2v) is 4.62. The highest BCUT2D eigenvalue weighted by atomic mass is 16.5. The van der Waals surface area contributed by atoms with E-state index in [1.165, 1.54) is 14.2 Å². The van der Waals surface area contributed by atoms with Crippen molar-refractivity contribution in [2.24, 2.45) is 11.7 Å². The van der Waals surface area contributed by atoms with E-state index in [1.54, 1.807) is 0 Å². The van der Waals surface area contributed by atoms with Crippen LogP contribution in [0.15, 0.2) is 0 Å². The van der Waals surface area contributed by atoms with Gasteiger partial charge in [0, 0.05) is 13.1 Å². The largest absolute Gasteiger partial charge is 0.467 e. The van der Waals surface area contributed by atoms with Crippen molar-refractivity contribution in [3.05, 3.63) is 0 Å². The lowest BCUT2D eigenvalue weighted by atomic mass is 9.94. The number of rotatable bonds is 5. The summed E-state index contributed by atoms with van der Waals surface area (Å²) in [6.07, 6.45) is 3.33. The Morgan fingerprint density at radius 1 is 1.11 bits per heavy atom. The monoisotopic (exact) mass is 267 g/mol. The van der Waals surface area contributed by atoms with E-state index < -0.39 is 0 Å². The predicted octanol–water partition coefficient (Wildman–Crippen LogP) is 0.454. The molecule has 0 aliphatic carbocycles. The molecule has 0 bridgehead atoms. The first-order valence-electron chi connectivity index (χ1n) is 6.56. The van der Waals surface area contributed by atoms with E-state index in [0.29, 0.717) is 11.9 Å². The second kappa shape index (κ2) is 6.51. The summed E-state index contributed by atoms with van der Waals surface area (Å²) in [7, 11) is 3.07. The number of methoxy groups -OCH3 is 2. The molecule has 0 unspecified atom stereocenters. The van der Waals surface area contributed by atoms with Crippen molar-refractivity contribution in [1.82, 2.24) is 15.0 Å². The number of ether oxygens (including phenoxy) is 2. The van der Waals surface area contributed by atoms with Crippen LogP contribution >= 0.6 is 0 Å². The molecule has 2 N–H and O–H groups in total. The summed E-state index contributed by atoms with van der Waals surface area (Å²) in [6, 6.07) is 0.567. The van der Waals surface area contributed by atoms with Gasteiger partial charge >= 0.3 is 12.0 Å². The van der Waals surface area contributed by atoms with Crippen LogP contribution in [0, 0.1) is 5.92 Å². The Morgan fingerprint density at radius 3 is 2.16 bits per heavy atom. The zero-order valence-electron chi connectivity index (χ0n) is 11.5. The zero-order chi connectivity index (χ0) is 13.7. The van der Waals surface area contributed by atoms with E-state index in [-0.39, 0.29) is 12.0 Å². The molecule has 0 amide bonds. The second-order valence-electron chi connectivity index (χ2n) is 4.62. The predicted molar refractivity (Wildman–Crippen MR) is 71.5 cm³/mol. The summed E-state index contributed by atoms with van der Waals surface area (Å²) in [5, 5.41) is 0. The lowest BCUT2D eigenvalue weighted by molar-refractivity contribution is 0.336. The summed E-state index contributed by atoms with van der Waals surface area (Å²) in [5.41, 5.74) is 5.60. The molecule has 0 atom stereocenters. The van der Waals surface area contributed by atoms with E-state index >= 15 is 0 Å². The highest BCUT2D eigenvalue weighted by molar-refractivity contribution is 5.32. The Hall–Kier alpha value is -1.63. The summed E-state index contributed by atoms with van der Waals surface area (Å²) in [4.78, 5) is 14.7. The lowest BCUT2D eigenvalue weighted by Gasteiger charge is -2.31. The standard InChI is InChI=1S/C12H21N5O2/c1-18-11-14-10(15-12(16-11)19-2)17-7-4-9(3-6-13)5-8-17/h9H,3-8,13H2,1-2H3. The van der Waals surface area contributed by atoms with E-state index in [9.17, 15) is 0 Å². The average Bonchev–Trinajstić information content (AvgIpc) is 2.47. The van der Waals surface area contributed by atoms with Gasteiger partial charge in [0.15, 0.2) is 0 Å². The highest BCUT2D eigenvalue weighted by Crippen LogP contribution is 2.24. The van der Waals surface area contributed by atoms with Crippen LogP contribution in [-0.4, -0.2) is 48.8 Å². The molecule has 2 rings (SSSR count). The fourth-order valence-electron chi connectivity index (χ4n) is 2.31. The topological polar surface area (TPSA) is 86.4 Å².